The molecule has 0 spiro atoms. The molecule has 0 fully saturated rings. The maximum atomic E-state index is 13.6. The molecule has 0 aliphatic rings. The number of alkyl halides is 1. The molecule has 1 rings (SSSR count). The second-order valence-corrected chi connectivity index (χ2v) is 7.62. The minimum Gasteiger partial charge on any atom is -0.210 e. The van der Waals surface area contributed by atoms with Gasteiger partial charge in [-0.15, -0.1) is 11.6 Å². The van der Waals surface area contributed by atoms with E-state index in [1.165, 1.54) is 12.1 Å². The Labute approximate surface area is 120 Å². The lowest BCUT2D eigenvalue weighted by Gasteiger charge is -2.21. The summed E-state index contributed by atoms with van der Waals surface area (Å²) in [6.45, 7) is 3.79. The van der Waals surface area contributed by atoms with Crippen LogP contribution in [-0.2, 0) is 10.0 Å². The van der Waals surface area contributed by atoms with Crippen molar-refractivity contribution in [1.82, 2.24) is 4.72 Å². The topological polar surface area (TPSA) is 46.2 Å². The smallest absolute Gasteiger partial charge is 0.210 e. The van der Waals surface area contributed by atoms with E-state index in [9.17, 15) is 12.8 Å². The fraction of sp³-hybridized carbons (Fsp3) is 0.455. The highest BCUT2D eigenvalue weighted by atomic mass is 79.9. The summed E-state index contributed by atoms with van der Waals surface area (Å²) >= 11 is 8.78. The molecule has 1 aromatic carbocycles. The van der Waals surface area contributed by atoms with Crippen LogP contribution in [0.1, 0.15) is 13.8 Å². The zero-order valence-corrected chi connectivity index (χ0v) is 13.2. The molecule has 1 N–H and O–H groups in total. The van der Waals surface area contributed by atoms with Gasteiger partial charge in [0.05, 0.1) is 0 Å². The van der Waals surface area contributed by atoms with Crippen molar-refractivity contribution in [3.05, 3.63) is 28.5 Å². The maximum Gasteiger partial charge on any atom is 0.243 e. The number of rotatable bonds is 5. The molecular formula is C11H14BrClFNO2S. The lowest BCUT2D eigenvalue weighted by atomic mass is 9.97. The summed E-state index contributed by atoms with van der Waals surface area (Å²) in [4.78, 5) is -0.365. The zero-order chi connectivity index (χ0) is 14.0. The number of hydrogen-bond acceptors (Lipinski definition) is 2. The zero-order valence-electron chi connectivity index (χ0n) is 10.0. The third kappa shape index (κ3) is 4.19. The van der Waals surface area contributed by atoms with Crippen LogP contribution in [0.2, 0.25) is 0 Å². The highest BCUT2D eigenvalue weighted by molar-refractivity contribution is 9.10. The molecule has 0 unspecified atom stereocenters. The summed E-state index contributed by atoms with van der Waals surface area (Å²) in [5.41, 5.74) is -0.388. The van der Waals surface area contributed by atoms with Crippen LogP contribution in [0.25, 0.3) is 0 Å². The molecule has 0 saturated carbocycles. The van der Waals surface area contributed by atoms with Gasteiger partial charge < -0.3 is 0 Å². The molecule has 1 aromatic rings. The minimum absolute atomic E-state index is 0.147. The number of halogens is 3. The van der Waals surface area contributed by atoms with Gasteiger partial charge in [-0.05, 0) is 23.6 Å². The Morgan fingerprint density at radius 3 is 2.56 bits per heavy atom. The van der Waals surface area contributed by atoms with Gasteiger partial charge in [0.1, 0.15) is 10.7 Å². The first kappa shape index (κ1) is 15.9. The van der Waals surface area contributed by atoms with Gasteiger partial charge in [-0.2, -0.15) is 0 Å². The van der Waals surface area contributed by atoms with Crippen molar-refractivity contribution in [2.75, 3.05) is 12.4 Å². The molecule has 0 aliphatic carbocycles. The second-order valence-electron chi connectivity index (χ2n) is 4.70. The van der Waals surface area contributed by atoms with E-state index in [4.69, 9.17) is 11.6 Å². The van der Waals surface area contributed by atoms with Crippen molar-refractivity contribution in [3.63, 3.8) is 0 Å². The summed E-state index contributed by atoms with van der Waals surface area (Å²) in [6, 6.07) is 3.81. The van der Waals surface area contributed by atoms with Crippen LogP contribution in [-0.4, -0.2) is 20.8 Å². The van der Waals surface area contributed by atoms with Gasteiger partial charge in [-0.25, -0.2) is 17.5 Å². The van der Waals surface area contributed by atoms with Gasteiger partial charge >= 0.3 is 0 Å². The Bertz CT molecular complexity index is 534. The van der Waals surface area contributed by atoms with Gasteiger partial charge in [0.2, 0.25) is 10.0 Å². The monoisotopic (exact) mass is 357 g/mol. The third-order valence-corrected chi connectivity index (χ3v) is 4.94. The molecule has 0 bridgehead atoms. The van der Waals surface area contributed by atoms with Crippen molar-refractivity contribution in [1.29, 1.82) is 0 Å². The Morgan fingerprint density at radius 2 is 2.06 bits per heavy atom. The number of benzene rings is 1. The average molecular weight is 359 g/mol. The Balaban J connectivity index is 2.94. The van der Waals surface area contributed by atoms with Crippen molar-refractivity contribution in [2.45, 2.75) is 18.7 Å². The van der Waals surface area contributed by atoms with Crippen LogP contribution in [0.5, 0.6) is 0 Å². The molecule has 0 heterocycles. The number of sulfonamides is 1. The highest BCUT2D eigenvalue weighted by Gasteiger charge is 2.23. The first-order valence-electron chi connectivity index (χ1n) is 5.19. The Morgan fingerprint density at radius 1 is 1.44 bits per heavy atom. The van der Waals surface area contributed by atoms with Crippen LogP contribution in [0.3, 0.4) is 0 Å². The van der Waals surface area contributed by atoms with E-state index in [1.54, 1.807) is 0 Å². The summed E-state index contributed by atoms with van der Waals surface area (Å²) < 4.78 is 40.3. The number of nitrogens with one attached hydrogen (secondary N) is 1. The predicted octanol–water partition coefficient (Wildman–Crippen LogP) is 3.13. The van der Waals surface area contributed by atoms with Crippen molar-refractivity contribution in [2.24, 2.45) is 5.41 Å². The van der Waals surface area contributed by atoms with E-state index in [1.807, 2.05) is 13.8 Å². The summed E-state index contributed by atoms with van der Waals surface area (Å²) in [6.07, 6.45) is 0. The molecule has 0 atom stereocenters. The normalized spacial score (nSPS) is 12.7. The van der Waals surface area contributed by atoms with E-state index >= 15 is 0 Å². The molecule has 0 saturated heterocycles. The Hall–Kier alpha value is -0.170. The van der Waals surface area contributed by atoms with Crippen molar-refractivity contribution in [3.8, 4) is 0 Å². The fourth-order valence-electron chi connectivity index (χ4n) is 1.11. The lowest BCUT2D eigenvalue weighted by Crippen LogP contribution is -2.35. The molecule has 0 radical (unpaired) electrons. The molecule has 0 aliphatic heterocycles. The largest absolute Gasteiger partial charge is 0.243 e. The average Bonchev–Trinajstić information content (AvgIpc) is 2.26. The summed E-state index contributed by atoms with van der Waals surface area (Å²) in [5, 5.41) is 0. The first-order chi connectivity index (χ1) is 8.18. The molecule has 7 heteroatoms. The van der Waals surface area contributed by atoms with Crippen LogP contribution in [0.4, 0.5) is 4.39 Å². The van der Waals surface area contributed by atoms with Gasteiger partial charge in [0.25, 0.3) is 0 Å². The Kier molecular flexibility index (Phi) is 5.17. The number of hydrogen-bond donors (Lipinski definition) is 1. The van der Waals surface area contributed by atoms with Crippen molar-refractivity contribution >= 4 is 37.6 Å². The minimum atomic E-state index is -3.86. The van der Waals surface area contributed by atoms with Crippen LogP contribution in [0, 0.1) is 11.2 Å². The standard InChI is InChI=1S/C11H14BrClFNO2S/c1-11(2,6-13)7-15-18(16,17)10-4-3-8(12)5-9(10)14/h3-5,15H,6-7H2,1-2H3. The lowest BCUT2D eigenvalue weighted by molar-refractivity contribution is 0.413. The van der Waals surface area contributed by atoms with E-state index in [0.717, 1.165) is 6.07 Å². The van der Waals surface area contributed by atoms with Gasteiger partial charge in [-0.1, -0.05) is 29.8 Å². The van der Waals surface area contributed by atoms with E-state index < -0.39 is 15.8 Å². The summed E-state index contributed by atoms with van der Waals surface area (Å²) in [7, 11) is -3.86. The molecule has 0 amide bonds. The summed E-state index contributed by atoms with van der Waals surface area (Å²) in [5.74, 6) is -0.487. The highest BCUT2D eigenvalue weighted by Crippen LogP contribution is 2.21. The van der Waals surface area contributed by atoms with E-state index in [2.05, 4.69) is 20.7 Å². The van der Waals surface area contributed by atoms with Gasteiger partial charge in [0, 0.05) is 16.9 Å². The van der Waals surface area contributed by atoms with Gasteiger partial charge in [0.15, 0.2) is 0 Å². The van der Waals surface area contributed by atoms with Gasteiger partial charge in [-0.3, -0.25) is 0 Å². The SMILES string of the molecule is CC(C)(CCl)CNS(=O)(=O)c1ccc(Br)cc1F. The van der Waals surface area contributed by atoms with E-state index in [-0.39, 0.29) is 16.9 Å². The first-order valence-corrected chi connectivity index (χ1v) is 8.00. The molecular weight excluding hydrogens is 345 g/mol. The third-order valence-electron chi connectivity index (χ3n) is 2.29. The molecule has 3 nitrogen and oxygen atoms in total. The maximum absolute atomic E-state index is 13.6. The molecule has 102 valence electrons. The second kappa shape index (κ2) is 5.86. The fourth-order valence-corrected chi connectivity index (χ4v) is 2.84. The van der Waals surface area contributed by atoms with E-state index in [0.29, 0.717) is 10.4 Å². The van der Waals surface area contributed by atoms with Crippen molar-refractivity contribution < 1.29 is 12.8 Å². The molecule has 0 aromatic heterocycles. The quantitative estimate of drug-likeness (QED) is 0.822. The molecule has 18 heavy (non-hydrogen) atoms. The van der Waals surface area contributed by atoms with Crippen LogP contribution in [0.15, 0.2) is 27.6 Å². The predicted molar refractivity (Wildman–Crippen MR) is 73.8 cm³/mol. The van der Waals surface area contributed by atoms with Crippen LogP contribution < -0.4 is 4.72 Å². The van der Waals surface area contributed by atoms with Crippen LogP contribution >= 0.6 is 27.5 Å².